The Morgan fingerprint density at radius 1 is 0.460 bits per heavy atom. The molecule has 0 saturated carbocycles. The highest BCUT2D eigenvalue weighted by Crippen LogP contribution is 2.46. The van der Waals surface area contributed by atoms with Gasteiger partial charge in [-0.15, -0.1) is 0 Å². The molecule has 0 unspecified atom stereocenters. The molecule has 9 aromatic carbocycles. The minimum Gasteiger partial charge on any atom is -0.309 e. The Hall–Kier alpha value is -8.34. The van der Waals surface area contributed by atoms with Gasteiger partial charge in [-0.05, 0) is 81.7 Å². The van der Waals surface area contributed by atoms with Crippen molar-refractivity contribution in [1.29, 1.82) is 0 Å². The minimum absolute atomic E-state index is 0.629. The molecule has 4 heteroatoms. The van der Waals surface area contributed by atoms with Gasteiger partial charge >= 0.3 is 0 Å². The van der Waals surface area contributed by atoms with E-state index in [-0.39, 0.29) is 0 Å². The molecule has 12 aromatic rings. The molecule has 12 rings (SSSR count). The van der Waals surface area contributed by atoms with Crippen LogP contribution < -0.4 is 0 Å². The molecule has 4 nitrogen and oxygen atoms in total. The number of fused-ring (bicyclic) bond motifs is 9. The van der Waals surface area contributed by atoms with Crippen molar-refractivity contribution in [2.75, 3.05) is 0 Å². The Balaban J connectivity index is 1.16. The van der Waals surface area contributed by atoms with E-state index in [2.05, 4.69) is 223 Å². The van der Waals surface area contributed by atoms with E-state index in [0.29, 0.717) is 5.95 Å². The first-order chi connectivity index (χ1) is 31.2. The Kier molecular flexibility index (Phi) is 8.51. The molecule has 63 heavy (non-hydrogen) atoms. The molecule has 0 spiro atoms. The number of nitrogens with zero attached hydrogens (tertiary/aromatic N) is 4. The lowest BCUT2D eigenvalue weighted by Gasteiger charge is -2.16. The third kappa shape index (κ3) is 5.76. The molecule has 3 heterocycles. The Morgan fingerprint density at radius 2 is 1.03 bits per heavy atom. The highest BCUT2D eigenvalue weighted by Gasteiger charge is 2.24. The van der Waals surface area contributed by atoms with E-state index in [0.717, 1.165) is 55.6 Å². The van der Waals surface area contributed by atoms with Crippen molar-refractivity contribution in [2.24, 2.45) is 0 Å². The lowest BCUT2D eigenvalue weighted by atomic mass is 9.90. The van der Waals surface area contributed by atoms with E-state index in [1.807, 2.05) is 12.2 Å². The molecular formula is C59H40N4. The normalized spacial score (nSPS) is 11.9. The summed E-state index contributed by atoms with van der Waals surface area (Å²) in [5, 5.41) is 9.36. The second-order valence-corrected chi connectivity index (χ2v) is 16.2. The molecule has 0 atom stereocenters. The predicted molar refractivity (Wildman–Crippen MR) is 266 cm³/mol. The number of hydrogen-bond donors (Lipinski definition) is 0. The number of rotatable bonds is 7. The summed E-state index contributed by atoms with van der Waals surface area (Å²) in [5.74, 6) is 0.629. The first kappa shape index (κ1) is 36.5. The zero-order valence-electron chi connectivity index (χ0n) is 34.7. The van der Waals surface area contributed by atoms with Crippen molar-refractivity contribution in [2.45, 2.75) is 6.92 Å². The first-order valence-electron chi connectivity index (χ1n) is 21.5. The molecule has 0 N–H and O–H groups in total. The van der Waals surface area contributed by atoms with E-state index in [1.165, 1.54) is 60.0 Å². The summed E-state index contributed by atoms with van der Waals surface area (Å²) >= 11 is 0. The molecule has 0 fully saturated rings. The smallest absolute Gasteiger partial charge is 0.235 e. The molecule has 0 aliphatic carbocycles. The number of allylic oxidation sites excluding steroid dienone is 2. The Bertz CT molecular complexity index is 3800. The van der Waals surface area contributed by atoms with Gasteiger partial charge in [-0.1, -0.05) is 183 Å². The third-order valence-electron chi connectivity index (χ3n) is 12.7. The van der Waals surface area contributed by atoms with Gasteiger partial charge in [0.2, 0.25) is 5.95 Å². The molecule has 296 valence electrons. The number of aromatic nitrogens is 4. The molecular weight excluding hydrogens is 765 g/mol. The van der Waals surface area contributed by atoms with Gasteiger partial charge in [0.15, 0.2) is 0 Å². The van der Waals surface area contributed by atoms with Gasteiger partial charge in [-0.2, -0.15) is 0 Å². The molecule has 3 aromatic heterocycles. The molecule has 0 aliphatic heterocycles. The lowest BCUT2D eigenvalue weighted by molar-refractivity contribution is 0.944. The predicted octanol–water partition coefficient (Wildman–Crippen LogP) is 15.5. The summed E-state index contributed by atoms with van der Waals surface area (Å²) in [6.45, 7) is 6.23. The maximum atomic E-state index is 5.49. The van der Waals surface area contributed by atoms with Gasteiger partial charge in [0.1, 0.15) is 0 Å². The van der Waals surface area contributed by atoms with Gasteiger partial charge in [0.25, 0.3) is 0 Å². The molecule has 0 bridgehead atoms. The molecule has 0 amide bonds. The van der Waals surface area contributed by atoms with Crippen LogP contribution in [0.4, 0.5) is 0 Å². The molecule has 0 radical (unpaired) electrons. The van der Waals surface area contributed by atoms with Crippen LogP contribution in [0.25, 0.3) is 116 Å². The Labute approximate surface area is 365 Å². The second-order valence-electron chi connectivity index (χ2n) is 16.2. The summed E-state index contributed by atoms with van der Waals surface area (Å²) < 4.78 is 4.69. The highest BCUT2D eigenvalue weighted by molar-refractivity contribution is 6.25. The number of hydrogen-bond acceptors (Lipinski definition) is 2. The van der Waals surface area contributed by atoms with Crippen molar-refractivity contribution < 1.29 is 0 Å². The molecule has 0 saturated heterocycles. The van der Waals surface area contributed by atoms with Crippen molar-refractivity contribution in [3.63, 3.8) is 0 Å². The van der Waals surface area contributed by atoms with Gasteiger partial charge < -0.3 is 4.57 Å². The average Bonchev–Trinajstić information content (AvgIpc) is 3.84. The maximum Gasteiger partial charge on any atom is 0.235 e. The van der Waals surface area contributed by atoms with Crippen LogP contribution in [0.5, 0.6) is 0 Å². The zero-order valence-corrected chi connectivity index (χ0v) is 34.7. The average molecular weight is 805 g/mol. The SMILES string of the molecule is C=C/C=C\c1c(C)n(-c2nc(-c3ccc(-c4ccccc4)cc3)c3ccccc3n2)c2cc(-c3cc4c5ccccc5n(-c5ccccc5)c4c4ccccc34)c3ccccc3c12. The lowest BCUT2D eigenvalue weighted by Crippen LogP contribution is -2.05. The van der Waals surface area contributed by atoms with Gasteiger partial charge in [0.05, 0.1) is 27.8 Å². The topological polar surface area (TPSA) is 35.6 Å². The Morgan fingerprint density at radius 3 is 1.78 bits per heavy atom. The van der Waals surface area contributed by atoms with Gasteiger partial charge in [-0.25, -0.2) is 9.97 Å². The third-order valence-corrected chi connectivity index (χ3v) is 12.7. The fourth-order valence-corrected chi connectivity index (χ4v) is 9.88. The fraction of sp³-hybridized carbons (Fsp3) is 0.0169. The molecule has 0 aliphatic rings. The van der Waals surface area contributed by atoms with Gasteiger partial charge in [0, 0.05) is 49.4 Å². The highest BCUT2D eigenvalue weighted by atomic mass is 15.2. The fourth-order valence-electron chi connectivity index (χ4n) is 9.88. The summed E-state index contributed by atoms with van der Waals surface area (Å²) in [6, 6.07) is 69.6. The van der Waals surface area contributed by atoms with Crippen LogP contribution in [-0.2, 0) is 0 Å². The zero-order chi connectivity index (χ0) is 42.0. The number of benzene rings is 9. The maximum absolute atomic E-state index is 5.49. The number of para-hydroxylation sites is 3. The summed E-state index contributed by atoms with van der Waals surface area (Å²) in [6.07, 6.45) is 6.05. The summed E-state index contributed by atoms with van der Waals surface area (Å²) in [4.78, 5) is 10.8. The van der Waals surface area contributed by atoms with E-state index in [9.17, 15) is 0 Å². The first-order valence-corrected chi connectivity index (χ1v) is 21.5. The van der Waals surface area contributed by atoms with E-state index >= 15 is 0 Å². The quantitative estimate of drug-likeness (QED) is 0.150. The van der Waals surface area contributed by atoms with E-state index in [4.69, 9.17) is 9.97 Å². The van der Waals surface area contributed by atoms with Crippen LogP contribution in [0.3, 0.4) is 0 Å². The monoisotopic (exact) mass is 804 g/mol. The second kappa shape index (κ2) is 14.7. The van der Waals surface area contributed by atoms with Crippen molar-refractivity contribution in [1.82, 2.24) is 19.1 Å². The van der Waals surface area contributed by atoms with E-state index in [1.54, 1.807) is 0 Å². The van der Waals surface area contributed by atoms with Crippen molar-refractivity contribution in [3.8, 4) is 45.1 Å². The van der Waals surface area contributed by atoms with Crippen molar-refractivity contribution in [3.05, 3.63) is 224 Å². The van der Waals surface area contributed by atoms with Crippen LogP contribution in [0.15, 0.2) is 213 Å². The van der Waals surface area contributed by atoms with E-state index < -0.39 is 0 Å². The summed E-state index contributed by atoms with van der Waals surface area (Å²) in [5.41, 5.74) is 14.3. The van der Waals surface area contributed by atoms with Crippen LogP contribution >= 0.6 is 0 Å². The minimum atomic E-state index is 0.629. The van der Waals surface area contributed by atoms with Crippen LogP contribution in [0.1, 0.15) is 11.3 Å². The van der Waals surface area contributed by atoms with Gasteiger partial charge in [-0.3, -0.25) is 4.57 Å². The van der Waals surface area contributed by atoms with Crippen LogP contribution in [0, 0.1) is 6.92 Å². The largest absolute Gasteiger partial charge is 0.309 e. The van der Waals surface area contributed by atoms with Crippen LogP contribution in [0.2, 0.25) is 0 Å². The summed E-state index contributed by atoms with van der Waals surface area (Å²) in [7, 11) is 0. The standard InChI is InChI=1S/C59H40N4/c1-3-4-23-43-38(2)62(59-60-53-30-17-15-29-49(53)57(61-59)41-34-32-40(33-35-41)39-19-7-5-8-20-39)55-37-51(44-24-11-13-27-47(44)56(43)55)50-36-52-46-26-16-18-31-54(46)63(42-21-9-6-10-22-42)58(52)48-28-14-12-25-45(48)50/h3-37H,1H2,2H3/b23-4-. The van der Waals surface area contributed by atoms with Crippen molar-refractivity contribution >= 4 is 71.2 Å². The van der Waals surface area contributed by atoms with Crippen LogP contribution in [-0.4, -0.2) is 19.1 Å².